The second kappa shape index (κ2) is 10.2. The van der Waals surface area contributed by atoms with Crippen molar-refractivity contribution in [3.8, 4) is 0 Å². The molecule has 5 rings (SSSR count). The number of anilines is 2. The van der Waals surface area contributed by atoms with E-state index in [1.54, 1.807) is 11.8 Å². The molecule has 36 heavy (non-hydrogen) atoms. The third kappa shape index (κ3) is 4.50. The van der Waals surface area contributed by atoms with E-state index in [2.05, 4.69) is 5.32 Å². The van der Waals surface area contributed by atoms with Gasteiger partial charge >= 0.3 is 12.1 Å². The van der Waals surface area contributed by atoms with E-state index in [1.165, 1.54) is 0 Å². The van der Waals surface area contributed by atoms with Crippen molar-refractivity contribution in [2.75, 3.05) is 11.5 Å². The Kier molecular flexibility index (Phi) is 6.81. The van der Waals surface area contributed by atoms with Crippen molar-refractivity contribution in [3.63, 3.8) is 0 Å². The topological polar surface area (TPSA) is 84.9 Å². The van der Waals surface area contributed by atoms with E-state index < -0.39 is 17.9 Å². The summed E-state index contributed by atoms with van der Waals surface area (Å²) in [5.74, 6) is -1.44. The number of fused-ring (bicyclic) bond motifs is 2. The van der Waals surface area contributed by atoms with Gasteiger partial charge in [0, 0.05) is 23.3 Å². The van der Waals surface area contributed by atoms with Gasteiger partial charge in [-0.15, -0.1) is 0 Å². The van der Waals surface area contributed by atoms with Crippen LogP contribution in [0.3, 0.4) is 0 Å². The minimum absolute atomic E-state index is 0.0223. The van der Waals surface area contributed by atoms with E-state index in [9.17, 15) is 14.4 Å². The highest BCUT2D eigenvalue weighted by Crippen LogP contribution is 2.51. The monoisotopic (exact) mass is 488 g/mol. The van der Waals surface area contributed by atoms with Crippen molar-refractivity contribution in [1.82, 2.24) is 5.32 Å². The van der Waals surface area contributed by atoms with Crippen LogP contribution in [0.2, 0.25) is 0 Å². The second-order valence-corrected chi connectivity index (χ2v) is 9.81. The van der Waals surface area contributed by atoms with Crippen LogP contribution < -0.4 is 10.2 Å². The Balaban J connectivity index is 1.51. The van der Waals surface area contributed by atoms with Crippen LogP contribution in [-0.4, -0.2) is 36.7 Å². The summed E-state index contributed by atoms with van der Waals surface area (Å²) >= 11 is 0. The fourth-order valence-corrected chi connectivity index (χ4v) is 6.19. The number of ether oxygens (including phenoxy) is 2. The molecule has 1 saturated heterocycles. The molecule has 3 aliphatic rings. The molecule has 0 aromatic heterocycles. The van der Waals surface area contributed by atoms with Crippen LogP contribution in [-0.2, 0) is 19.1 Å². The van der Waals surface area contributed by atoms with Gasteiger partial charge in [0.2, 0.25) is 5.91 Å². The zero-order chi connectivity index (χ0) is 25.2. The van der Waals surface area contributed by atoms with Crippen LogP contribution in [0.1, 0.15) is 33.1 Å². The molecule has 7 heteroatoms. The predicted molar refractivity (Wildman–Crippen MR) is 135 cm³/mol. The minimum Gasteiger partial charge on any atom is -0.462 e. The van der Waals surface area contributed by atoms with Gasteiger partial charge in [-0.05, 0) is 63.3 Å². The zero-order valence-electron chi connectivity index (χ0n) is 20.6. The Labute approximate surface area is 211 Å². The molecule has 2 amide bonds. The highest BCUT2D eigenvalue weighted by atomic mass is 16.6. The molecule has 0 unspecified atom stereocenters. The van der Waals surface area contributed by atoms with Crippen LogP contribution in [0.15, 0.2) is 72.3 Å². The van der Waals surface area contributed by atoms with Crippen LogP contribution >= 0.6 is 0 Å². The Hall–Kier alpha value is -3.61. The summed E-state index contributed by atoms with van der Waals surface area (Å²) in [4.78, 5) is 41.2. The number of carbonyl (C=O) groups is 3. The summed E-state index contributed by atoms with van der Waals surface area (Å²) < 4.78 is 10.7. The van der Waals surface area contributed by atoms with Crippen molar-refractivity contribution >= 4 is 29.3 Å². The summed E-state index contributed by atoms with van der Waals surface area (Å²) in [6.07, 6.45) is 3.30. The van der Waals surface area contributed by atoms with E-state index in [0.717, 1.165) is 29.8 Å². The summed E-state index contributed by atoms with van der Waals surface area (Å²) in [6.45, 7) is 3.97. The lowest BCUT2D eigenvalue weighted by atomic mass is 9.61. The Morgan fingerprint density at radius 3 is 2.28 bits per heavy atom. The van der Waals surface area contributed by atoms with Gasteiger partial charge in [-0.3, -0.25) is 14.5 Å². The maximum Gasteiger partial charge on any atom is 0.407 e. The van der Waals surface area contributed by atoms with E-state index in [-0.39, 0.29) is 35.9 Å². The van der Waals surface area contributed by atoms with Crippen molar-refractivity contribution in [1.29, 1.82) is 0 Å². The van der Waals surface area contributed by atoms with Gasteiger partial charge in [0.05, 0.1) is 18.4 Å². The van der Waals surface area contributed by atoms with Crippen LogP contribution in [0.25, 0.3) is 0 Å². The highest BCUT2D eigenvalue weighted by molar-refractivity contribution is 6.03. The molecule has 2 aliphatic carbocycles. The fraction of sp³-hybridized carbons (Fsp3) is 0.414. The first-order valence-corrected chi connectivity index (χ1v) is 12.8. The molecule has 7 nitrogen and oxygen atoms in total. The molecule has 0 spiro atoms. The summed E-state index contributed by atoms with van der Waals surface area (Å²) in [5.41, 5.74) is 2.63. The van der Waals surface area contributed by atoms with E-state index in [0.29, 0.717) is 13.0 Å². The molecular weight excluding hydrogens is 456 g/mol. The number of amides is 2. The number of rotatable bonds is 5. The third-order valence-corrected chi connectivity index (χ3v) is 7.69. The van der Waals surface area contributed by atoms with E-state index >= 15 is 0 Å². The molecule has 0 radical (unpaired) electrons. The fourth-order valence-electron chi connectivity index (χ4n) is 6.19. The van der Waals surface area contributed by atoms with Crippen molar-refractivity contribution in [2.45, 2.75) is 45.3 Å². The number of alkyl carbamates (subject to hydrolysis) is 1. The number of nitrogens with one attached hydrogen (secondary N) is 1. The number of esters is 1. The van der Waals surface area contributed by atoms with Gasteiger partial charge in [-0.2, -0.15) is 0 Å². The number of hydrogen-bond acceptors (Lipinski definition) is 5. The third-order valence-electron chi connectivity index (χ3n) is 7.69. The van der Waals surface area contributed by atoms with Gasteiger partial charge < -0.3 is 14.8 Å². The first kappa shape index (κ1) is 24.1. The summed E-state index contributed by atoms with van der Waals surface area (Å²) in [6, 6.07) is 19.2. The lowest BCUT2D eigenvalue weighted by Gasteiger charge is -2.44. The average molecular weight is 489 g/mol. The molecule has 188 valence electrons. The Morgan fingerprint density at radius 2 is 1.67 bits per heavy atom. The molecule has 1 heterocycles. The number of carbonyl (C=O) groups excluding carboxylic acids is 3. The van der Waals surface area contributed by atoms with E-state index in [1.807, 2.05) is 73.7 Å². The molecule has 2 aromatic rings. The first-order valence-electron chi connectivity index (χ1n) is 12.8. The molecule has 1 saturated carbocycles. The first-order chi connectivity index (χ1) is 17.5. The second-order valence-electron chi connectivity index (χ2n) is 9.81. The van der Waals surface area contributed by atoms with Gasteiger partial charge in [-0.25, -0.2) is 4.79 Å². The minimum atomic E-state index is -0.463. The SMILES string of the molecule is CCOC(=O)N[C@@H]1CC[C@@H]2C(=C[C@H]3C(=O)O[C@H](C)[C@H]3[C@H]2C(=O)N(c2ccccc2)c2ccccc2)C1. The van der Waals surface area contributed by atoms with Gasteiger partial charge in [0.25, 0.3) is 0 Å². The summed E-state index contributed by atoms with van der Waals surface area (Å²) in [5, 5.41) is 2.94. The molecule has 6 atom stereocenters. The maximum absolute atomic E-state index is 14.5. The van der Waals surface area contributed by atoms with Crippen molar-refractivity contribution in [2.24, 2.45) is 23.7 Å². The standard InChI is InChI=1S/C29H32N2O5/c1-3-35-29(34)30-20-14-15-23-19(16-20)17-24-25(18(2)36-28(24)33)26(23)27(32)31(21-10-6-4-7-11-21)22-12-8-5-9-13-22/h4-13,17-18,20,23-26H,3,14-16H2,1-2H3,(H,30,34)/t18-,20-,23-,24-,25-,26+/m1/s1. The number of hydrogen-bond donors (Lipinski definition) is 1. The Bertz CT molecular complexity index is 1110. The Morgan fingerprint density at radius 1 is 1.03 bits per heavy atom. The van der Waals surface area contributed by atoms with Gasteiger partial charge in [-0.1, -0.05) is 48.0 Å². The molecular formula is C29H32N2O5. The highest BCUT2D eigenvalue weighted by Gasteiger charge is 2.55. The van der Waals surface area contributed by atoms with Crippen LogP contribution in [0.4, 0.5) is 16.2 Å². The van der Waals surface area contributed by atoms with Gasteiger partial charge in [0.15, 0.2) is 0 Å². The predicted octanol–water partition coefficient (Wildman–Crippen LogP) is 5.00. The molecule has 0 bridgehead atoms. The number of cyclic esters (lactones) is 1. The lowest BCUT2D eigenvalue weighted by molar-refractivity contribution is -0.142. The lowest BCUT2D eigenvalue weighted by Crippen LogP contribution is -2.49. The largest absolute Gasteiger partial charge is 0.462 e. The molecule has 1 aliphatic heterocycles. The van der Waals surface area contributed by atoms with Crippen molar-refractivity contribution < 1.29 is 23.9 Å². The normalized spacial score (nSPS) is 28.7. The molecule has 2 fully saturated rings. The summed E-state index contributed by atoms with van der Waals surface area (Å²) in [7, 11) is 0. The number of nitrogens with zero attached hydrogens (tertiary/aromatic N) is 1. The molecule has 2 aromatic carbocycles. The number of benzene rings is 2. The van der Waals surface area contributed by atoms with Crippen molar-refractivity contribution in [3.05, 3.63) is 72.3 Å². The maximum atomic E-state index is 14.5. The smallest absolute Gasteiger partial charge is 0.407 e. The average Bonchev–Trinajstić information content (AvgIpc) is 3.16. The van der Waals surface area contributed by atoms with E-state index in [4.69, 9.17) is 9.47 Å². The van der Waals surface area contributed by atoms with Gasteiger partial charge in [0.1, 0.15) is 6.10 Å². The van der Waals surface area contributed by atoms with Crippen LogP contribution in [0, 0.1) is 23.7 Å². The number of para-hydroxylation sites is 2. The van der Waals surface area contributed by atoms with Crippen LogP contribution in [0.5, 0.6) is 0 Å². The zero-order valence-corrected chi connectivity index (χ0v) is 20.6. The molecule has 1 N–H and O–H groups in total. The quantitative estimate of drug-likeness (QED) is 0.473.